The summed E-state index contributed by atoms with van der Waals surface area (Å²) < 4.78 is 32.6. The van der Waals surface area contributed by atoms with E-state index < -0.39 is 11.6 Å². The first-order valence-corrected chi connectivity index (χ1v) is 8.65. The molecule has 26 heavy (non-hydrogen) atoms. The van der Waals surface area contributed by atoms with Gasteiger partial charge in [0.15, 0.2) is 11.6 Å². The molecule has 0 bridgehead atoms. The van der Waals surface area contributed by atoms with Crippen LogP contribution >= 0.6 is 11.6 Å². The summed E-state index contributed by atoms with van der Waals surface area (Å²) in [6.07, 6.45) is 0. The number of benzene rings is 2. The molecule has 7 heteroatoms. The summed E-state index contributed by atoms with van der Waals surface area (Å²) in [5.41, 5.74) is 0.867. The molecule has 138 valence electrons. The number of rotatable bonds is 4. The molecule has 0 spiro atoms. The molecule has 0 aliphatic carbocycles. The Labute approximate surface area is 155 Å². The Morgan fingerprint density at radius 2 is 1.81 bits per heavy atom. The second-order valence-electron chi connectivity index (χ2n) is 6.16. The van der Waals surface area contributed by atoms with E-state index in [4.69, 9.17) is 16.3 Å². The number of halogens is 3. The number of hydrogen-bond acceptors (Lipinski definition) is 3. The monoisotopic (exact) mass is 380 g/mol. The van der Waals surface area contributed by atoms with E-state index in [9.17, 15) is 13.6 Å². The molecule has 1 aliphatic rings. The van der Waals surface area contributed by atoms with Gasteiger partial charge in [0, 0.05) is 37.7 Å². The van der Waals surface area contributed by atoms with Gasteiger partial charge in [-0.2, -0.15) is 0 Å². The Bertz CT molecular complexity index is 808. The van der Waals surface area contributed by atoms with Crippen molar-refractivity contribution in [3.05, 3.63) is 64.2 Å². The zero-order valence-electron chi connectivity index (χ0n) is 14.3. The standard InChI is InChI=1S/C19H19ClF2N2O2/c1-26-18-5-2-13(10-17(18)22)12-23-6-8-24(9-7-23)19(25)15-4-3-14(20)11-16(15)21/h2-5,10-11H,6-9,12H2,1H3. The summed E-state index contributed by atoms with van der Waals surface area (Å²) in [7, 11) is 1.43. The van der Waals surface area contributed by atoms with Crippen LogP contribution in [0.3, 0.4) is 0 Å². The molecule has 0 saturated carbocycles. The molecule has 1 aliphatic heterocycles. The lowest BCUT2D eigenvalue weighted by molar-refractivity contribution is 0.0624. The molecule has 1 saturated heterocycles. The second kappa shape index (κ2) is 8.01. The van der Waals surface area contributed by atoms with Crippen molar-refractivity contribution in [2.24, 2.45) is 0 Å². The normalized spacial score (nSPS) is 15.2. The molecule has 1 heterocycles. The third-order valence-electron chi connectivity index (χ3n) is 4.44. The predicted molar refractivity (Wildman–Crippen MR) is 95.5 cm³/mol. The Balaban J connectivity index is 1.58. The predicted octanol–water partition coefficient (Wildman–Crippen LogP) is 3.58. The first kappa shape index (κ1) is 18.6. The van der Waals surface area contributed by atoms with Crippen LogP contribution in [0, 0.1) is 11.6 Å². The summed E-state index contributed by atoms with van der Waals surface area (Å²) in [5, 5.41) is 0.260. The van der Waals surface area contributed by atoms with Gasteiger partial charge in [-0.1, -0.05) is 17.7 Å². The van der Waals surface area contributed by atoms with Gasteiger partial charge in [0.25, 0.3) is 5.91 Å². The minimum absolute atomic E-state index is 0.0278. The molecule has 1 fully saturated rings. The maximum Gasteiger partial charge on any atom is 0.256 e. The van der Waals surface area contributed by atoms with Crippen molar-refractivity contribution in [3.63, 3.8) is 0 Å². The minimum Gasteiger partial charge on any atom is -0.494 e. The van der Waals surface area contributed by atoms with Crippen LogP contribution in [0.25, 0.3) is 0 Å². The fourth-order valence-electron chi connectivity index (χ4n) is 3.01. The average Bonchev–Trinajstić information content (AvgIpc) is 2.62. The van der Waals surface area contributed by atoms with Crippen molar-refractivity contribution >= 4 is 17.5 Å². The highest BCUT2D eigenvalue weighted by Crippen LogP contribution is 2.20. The molecule has 0 atom stereocenters. The number of methoxy groups -OCH3 is 1. The topological polar surface area (TPSA) is 32.8 Å². The number of carbonyl (C=O) groups is 1. The van der Waals surface area contributed by atoms with Gasteiger partial charge in [0.05, 0.1) is 12.7 Å². The average molecular weight is 381 g/mol. The Morgan fingerprint density at radius 3 is 2.42 bits per heavy atom. The van der Waals surface area contributed by atoms with E-state index >= 15 is 0 Å². The lowest BCUT2D eigenvalue weighted by Gasteiger charge is -2.34. The van der Waals surface area contributed by atoms with E-state index in [1.54, 1.807) is 11.0 Å². The van der Waals surface area contributed by atoms with Crippen LogP contribution in [0.5, 0.6) is 5.75 Å². The minimum atomic E-state index is -0.612. The summed E-state index contributed by atoms with van der Waals surface area (Å²) in [6, 6.07) is 8.94. The highest BCUT2D eigenvalue weighted by Gasteiger charge is 2.24. The van der Waals surface area contributed by atoms with Crippen molar-refractivity contribution in [3.8, 4) is 5.75 Å². The van der Waals surface area contributed by atoms with Crippen molar-refractivity contribution < 1.29 is 18.3 Å². The molecule has 0 radical (unpaired) electrons. The molecule has 2 aromatic carbocycles. The second-order valence-corrected chi connectivity index (χ2v) is 6.60. The third-order valence-corrected chi connectivity index (χ3v) is 4.68. The number of amides is 1. The third kappa shape index (κ3) is 4.14. The number of piperazine rings is 1. The van der Waals surface area contributed by atoms with Crippen LogP contribution in [-0.4, -0.2) is 49.0 Å². The summed E-state index contributed by atoms with van der Waals surface area (Å²) in [4.78, 5) is 16.2. The first-order chi connectivity index (χ1) is 12.5. The fourth-order valence-corrected chi connectivity index (χ4v) is 3.17. The SMILES string of the molecule is COc1ccc(CN2CCN(C(=O)c3ccc(Cl)cc3F)CC2)cc1F. The number of carbonyl (C=O) groups excluding carboxylic acids is 1. The summed E-state index contributed by atoms with van der Waals surface area (Å²) >= 11 is 5.73. The summed E-state index contributed by atoms with van der Waals surface area (Å²) in [5.74, 6) is -1.13. The smallest absolute Gasteiger partial charge is 0.256 e. The Morgan fingerprint density at radius 1 is 1.08 bits per heavy atom. The van der Waals surface area contributed by atoms with Gasteiger partial charge >= 0.3 is 0 Å². The number of ether oxygens (including phenoxy) is 1. The molecule has 0 unspecified atom stereocenters. The van der Waals surface area contributed by atoms with E-state index in [1.807, 2.05) is 6.07 Å². The summed E-state index contributed by atoms with van der Waals surface area (Å²) in [6.45, 7) is 2.82. The lowest BCUT2D eigenvalue weighted by atomic mass is 10.1. The van der Waals surface area contributed by atoms with Gasteiger partial charge < -0.3 is 9.64 Å². The molecule has 4 nitrogen and oxygen atoms in total. The van der Waals surface area contributed by atoms with Gasteiger partial charge in [0.2, 0.25) is 0 Å². The molecule has 0 aromatic heterocycles. The van der Waals surface area contributed by atoms with E-state index in [1.165, 1.54) is 25.3 Å². The highest BCUT2D eigenvalue weighted by atomic mass is 35.5. The molecular formula is C19H19ClF2N2O2. The van der Waals surface area contributed by atoms with E-state index in [0.717, 1.165) is 11.6 Å². The maximum atomic E-state index is 13.9. The molecule has 1 amide bonds. The van der Waals surface area contributed by atoms with Crippen molar-refractivity contribution in [1.82, 2.24) is 9.80 Å². The van der Waals surface area contributed by atoms with Crippen molar-refractivity contribution in [1.29, 1.82) is 0 Å². The number of hydrogen-bond donors (Lipinski definition) is 0. The van der Waals surface area contributed by atoms with Gasteiger partial charge in [-0.3, -0.25) is 9.69 Å². The van der Waals surface area contributed by atoms with Gasteiger partial charge in [-0.05, 0) is 35.9 Å². The van der Waals surface area contributed by atoms with Crippen LogP contribution in [-0.2, 0) is 6.54 Å². The molecule has 2 aromatic rings. The Hall–Kier alpha value is -2.18. The fraction of sp³-hybridized carbons (Fsp3) is 0.316. The van der Waals surface area contributed by atoms with Gasteiger partial charge in [-0.15, -0.1) is 0 Å². The largest absolute Gasteiger partial charge is 0.494 e. The molecule has 0 N–H and O–H groups in total. The van der Waals surface area contributed by atoms with Crippen LogP contribution in [0.4, 0.5) is 8.78 Å². The van der Waals surface area contributed by atoms with E-state index in [-0.39, 0.29) is 22.2 Å². The quantitative estimate of drug-likeness (QED) is 0.812. The van der Waals surface area contributed by atoms with E-state index in [0.29, 0.717) is 32.7 Å². The van der Waals surface area contributed by atoms with Gasteiger partial charge in [-0.25, -0.2) is 8.78 Å². The van der Waals surface area contributed by atoms with Crippen LogP contribution in [0.2, 0.25) is 5.02 Å². The van der Waals surface area contributed by atoms with Crippen molar-refractivity contribution in [2.45, 2.75) is 6.54 Å². The maximum absolute atomic E-state index is 13.9. The molecule has 3 rings (SSSR count). The van der Waals surface area contributed by atoms with Crippen LogP contribution in [0.15, 0.2) is 36.4 Å². The van der Waals surface area contributed by atoms with Crippen LogP contribution < -0.4 is 4.74 Å². The first-order valence-electron chi connectivity index (χ1n) is 8.27. The van der Waals surface area contributed by atoms with Crippen molar-refractivity contribution in [2.75, 3.05) is 33.3 Å². The number of nitrogens with zero attached hydrogens (tertiary/aromatic N) is 2. The van der Waals surface area contributed by atoms with Gasteiger partial charge in [0.1, 0.15) is 5.82 Å². The zero-order chi connectivity index (χ0) is 18.7. The van der Waals surface area contributed by atoms with E-state index in [2.05, 4.69) is 4.90 Å². The van der Waals surface area contributed by atoms with Crippen LogP contribution in [0.1, 0.15) is 15.9 Å². The highest BCUT2D eigenvalue weighted by molar-refractivity contribution is 6.30. The lowest BCUT2D eigenvalue weighted by Crippen LogP contribution is -2.48. The Kier molecular flexibility index (Phi) is 5.74. The zero-order valence-corrected chi connectivity index (χ0v) is 15.1. The molecular weight excluding hydrogens is 362 g/mol.